The highest BCUT2D eigenvalue weighted by Gasteiger charge is 2.52. The largest absolute Gasteiger partial charge is 0.278 e. The Morgan fingerprint density at radius 3 is 2.44 bits per heavy atom. The maximum absolute atomic E-state index is 11.6. The third-order valence-electron chi connectivity index (χ3n) is 2.13. The van der Waals surface area contributed by atoms with Crippen molar-refractivity contribution in [2.75, 3.05) is 6.54 Å². The van der Waals surface area contributed by atoms with Gasteiger partial charge in [0.15, 0.2) is 0 Å². The van der Waals surface area contributed by atoms with E-state index in [1.165, 1.54) is 6.92 Å². The van der Waals surface area contributed by atoms with Crippen LogP contribution in [0.25, 0.3) is 0 Å². The molecule has 0 saturated carbocycles. The van der Waals surface area contributed by atoms with Gasteiger partial charge >= 0.3 is 0 Å². The Morgan fingerprint density at radius 2 is 2.12 bits per heavy atom. The molecule has 1 aliphatic rings. The van der Waals surface area contributed by atoms with Crippen molar-refractivity contribution in [3.8, 4) is 0 Å². The van der Waals surface area contributed by atoms with E-state index in [0.717, 1.165) is 0 Å². The van der Waals surface area contributed by atoms with E-state index in [0.29, 0.717) is 5.01 Å². The van der Waals surface area contributed by atoms with Gasteiger partial charge in [0.2, 0.25) is 0 Å². The first-order valence-corrected chi connectivity index (χ1v) is 4.74. The molecule has 0 radical (unpaired) electrons. The van der Waals surface area contributed by atoms with Gasteiger partial charge in [-0.1, -0.05) is 0 Å². The van der Waals surface area contributed by atoms with Crippen LogP contribution in [0.2, 0.25) is 0 Å². The minimum atomic E-state index is -1.60. The fourth-order valence-corrected chi connectivity index (χ4v) is 1.58. The molecule has 2 unspecified atom stereocenters. The van der Waals surface area contributed by atoms with Crippen molar-refractivity contribution in [2.45, 2.75) is 12.3 Å². The number of carbonyl (C=O) groups excluding carboxylic acids is 3. The van der Waals surface area contributed by atoms with E-state index in [1.54, 1.807) is 0 Å². The van der Waals surface area contributed by atoms with E-state index >= 15 is 0 Å². The molecule has 0 aromatic carbocycles. The molecule has 1 aliphatic heterocycles. The molecule has 88 valence electrons. The van der Waals surface area contributed by atoms with Gasteiger partial charge in [-0.2, -0.15) is 10.1 Å². The highest BCUT2D eigenvalue weighted by atomic mass is 35.5. The van der Waals surface area contributed by atoms with Crippen molar-refractivity contribution in [2.24, 2.45) is 11.2 Å². The van der Waals surface area contributed by atoms with E-state index < -0.39 is 29.0 Å². The second-order valence-corrected chi connectivity index (χ2v) is 3.47. The van der Waals surface area contributed by atoms with Crippen LogP contribution in [0, 0.1) is 10.8 Å². The maximum atomic E-state index is 11.6. The van der Waals surface area contributed by atoms with Gasteiger partial charge in [0.1, 0.15) is 11.3 Å². The van der Waals surface area contributed by atoms with Crippen molar-refractivity contribution < 1.29 is 19.6 Å². The molecule has 0 aromatic rings. The average Bonchev–Trinajstić information content (AvgIpc) is 2.45. The predicted octanol–water partition coefficient (Wildman–Crippen LogP) is -0.502. The van der Waals surface area contributed by atoms with Gasteiger partial charge in [-0.25, -0.2) is 0 Å². The first-order chi connectivity index (χ1) is 7.45. The quantitative estimate of drug-likeness (QED) is 0.181. The standard InChI is InChI=1S/C7H8ClN3O5/c1-2-10(9-15)5(12)3-4(8)7(14)11(16)6(3)13/h3-4,16H,2H2,1H3. The van der Waals surface area contributed by atoms with Crippen molar-refractivity contribution in [3.63, 3.8) is 0 Å². The van der Waals surface area contributed by atoms with Crippen LogP contribution < -0.4 is 0 Å². The molecule has 1 rings (SSSR count). The molecule has 1 saturated heterocycles. The third kappa shape index (κ3) is 1.76. The Bertz CT molecular complexity index is 360. The third-order valence-corrected chi connectivity index (χ3v) is 2.57. The number of imide groups is 1. The Balaban J connectivity index is 2.97. The van der Waals surface area contributed by atoms with E-state index in [-0.39, 0.29) is 11.6 Å². The lowest BCUT2D eigenvalue weighted by molar-refractivity contribution is -0.172. The molecule has 1 heterocycles. The van der Waals surface area contributed by atoms with Crippen LogP contribution in [0.4, 0.5) is 0 Å². The summed E-state index contributed by atoms with van der Waals surface area (Å²) in [6.07, 6.45) is 0. The van der Waals surface area contributed by atoms with E-state index in [9.17, 15) is 19.3 Å². The second-order valence-electron chi connectivity index (χ2n) is 3.00. The molecule has 0 bridgehead atoms. The van der Waals surface area contributed by atoms with Gasteiger partial charge < -0.3 is 0 Å². The van der Waals surface area contributed by atoms with E-state index in [4.69, 9.17) is 16.8 Å². The number of hydroxylamine groups is 2. The molecule has 0 spiro atoms. The number of carbonyl (C=O) groups is 3. The monoisotopic (exact) mass is 249 g/mol. The summed E-state index contributed by atoms with van der Waals surface area (Å²) in [5.74, 6) is -4.85. The number of hydrogen-bond acceptors (Lipinski definition) is 6. The topological polar surface area (TPSA) is 107 Å². The lowest BCUT2D eigenvalue weighted by Crippen LogP contribution is -2.38. The van der Waals surface area contributed by atoms with Crippen LogP contribution in [0.5, 0.6) is 0 Å². The Hall–Kier alpha value is -1.54. The van der Waals surface area contributed by atoms with Crippen molar-refractivity contribution in [3.05, 3.63) is 4.91 Å². The summed E-state index contributed by atoms with van der Waals surface area (Å²) in [4.78, 5) is 44.2. The average molecular weight is 250 g/mol. The van der Waals surface area contributed by atoms with Crippen molar-refractivity contribution in [1.82, 2.24) is 10.1 Å². The number of halogens is 1. The van der Waals surface area contributed by atoms with Gasteiger partial charge in [0, 0.05) is 6.54 Å². The van der Waals surface area contributed by atoms with Crippen LogP contribution in [-0.2, 0) is 14.4 Å². The minimum absolute atomic E-state index is 0.0602. The molecule has 2 atom stereocenters. The summed E-state index contributed by atoms with van der Waals surface area (Å²) in [5.41, 5.74) is 0. The van der Waals surface area contributed by atoms with Crippen LogP contribution in [-0.4, -0.2) is 44.9 Å². The smallest absolute Gasteiger partial charge is 0.272 e. The van der Waals surface area contributed by atoms with Crippen molar-refractivity contribution >= 4 is 29.3 Å². The molecular formula is C7H8ClN3O5. The van der Waals surface area contributed by atoms with Crippen LogP contribution >= 0.6 is 11.6 Å². The van der Waals surface area contributed by atoms with Crippen molar-refractivity contribution in [1.29, 1.82) is 0 Å². The number of hydrogen-bond donors (Lipinski definition) is 1. The van der Waals surface area contributed by atoms with Crippen LogP contribution in [0.1, 0.15) is 6.92 Å². The first-order valence-electron chi connectivity index (χ1n) is 4.31. The summed E-state index contributed by atoms with van der Waals surface area (Å²) in [6, 6.07) is 0. The fraction of sp³-hybridized carbons (Fsp3) is 0.571. The number of alkyl halides is 1. The van der Waals surface area contributed by atoms with Gasteiger partial charge in [-0.15, -0.1) is 16.5 Å². The van der Waals surface area contributed by atoms with Gasteiger partial charge in [-0.3, -0.25) is 19.6 Å². The number of amides is 3. The zero-order valence-electron chi connectivity index (χ0n) is 8.16. The summed E-state index contributed by atoms with van der Waals surface area (Å²) < 4.78 is 0. The summed E-state index contributed by atoms with van der Waals surface area (Å²) in [6.45, 7) is 1.40. The number of nitrogens with zero attached hydrogens (tertiary/aromatic N) is 3. The normalized spacial score (nSPS) is 24.8. The molecule has 1 N–H and O–H groups in total. The Labute approximate surface area is 94.6 Å². The molecule has 0 aromatic heterocycles. The van der Waals surface area contributed by atoms with Crippen LogP contribution in [0.3, 0.4) is 0 Å². The maximum Gasteiger partial charge on any atom is 0.272 e. The molecule has 0 aliphatic carbocycles. The highest BCUT2D eigenvalue weighted by molar-refractivity contribution is 6.38. The Morgan fingerprint density at radius 1 is 1.56 bits per heavy atom. The molecule has 3 amide bonds. The first kappa shape index (κ1) is 12.5. The lowest BCUT2D eigenvalue weighted by atomic mass is 10.1. The molecular weight excluding hydrogens is 242 g/mol. The zero-order chi connectivity index (χ0) is 12.5. The lowest BCUT2D eigenvalue weighted by Gasteiger charge is -2.14. The zero-order valence-corrected chi connectivity index (χ0v) is 8.92. The minimum Gasteiger partial charge on any atom is -0.278 e. The highest BCUT2D eigenvalue weighted by Crippen LogP contribution is 2.25. The van der Waals surface area contributed by atoms with Gasteiger partial charge in [-0.05, 0) is 6.92 Å². The molecule has 8 nitrogen and oxygen atoms in total. The van der Waals surface area contributed by atoms with Crippen LogP contribution in [0.15, 0.2) is 5.29 Å². The number of rotatable bonds is 3. The summed E-state index contributed by atoms with van der Waals surface area (Å²) in [7, 11) is 0. The summed E-state index contributed by atoms with van der Waals surface area (Å²) in [5, 5.41) is 10.1. The fourth-order valence-electron chi connectivity index (χ4n) is 1.27. The molecule has 1 fully saturated rings. The molecule has 9 heteroatoms. The molecule has 16 heavy (non-hydrogen) atoms. The van der Waals surface area contributed by atoms with E-state index in [2.05, 4.69) is 5.29 Å². The predicted molar refractivity (Wildman–Crippen MR) is 50.0 cm³/mol. The Kier molecular flexibility index (Phi) is 3.55. The number of nitroso groups, excluding NO2 is 1. The van der Waals surface area contributed by atoms with E-state index in [1.807, 2.05) is 0 Å². The van der Waals surface area contributed by atoms with Gasteiger partial charge in [0.05, 0.1) is 5.29 Å². The SMILES string of the molecule is CCN(N=O)C(=O)C1C(=O)N(O)C(=O)C1Cl. The summed E-state index contributed by atoms with van der Waals surface area (Å²) >= 11 is 5.51. The van der Waals surface area contributed by atoms with Gasteiger partial charge in [0.25, 0.3) is 17.7 Å². The second kappa shape index (κ2) is 4.54.